The molecular formula is C28H19F2N5O4S. The van der Waals surface area contributed by atoms with Gasteiger partial charge in [-0.3, -0.25) is 4.90 Å². The standard InChI is InChI=1S/C28H19F2N5O4S/c1-13-4-17(24-20(5-13)33-22(37-3)12-32-24)27-34-21-10-19(30)25-18(26(21)40-27)9-23(38-25)39-28(36)35(2)16-7-14(11-31)6-15(29)8-16/h4-8,10,12,23H,9H2,1-3H3/t23-/m1/s1. The normalized spacial score (nSPS) is 14.1. The fraction of sp³-hybridized carbons (Fsp3) is 0.179. The second-order valence-electron chi connectivity index (χ2n) is 9.13. The first kappa shape index (κ1) is 25.4. The third kappa shape index (κ3) is 4.40. The molecule has 3 heterocycles. The number of hydrogen-bond donors (Lipinski definition) is 0. The van der Waals surface area contributed by atoms with Gasteiger partial charge in [0.1, 0.15) is 10.8 Å². The lowest BCUT2D eigenvalue weighted by Crippen LogP contribution is -2.33. The zero-order chi connectivity index (χ0) is 28.1. The molecular weight excluding hydrogens is 540 g/mol. The minimum Gasteiger partial charge on any atom is -0.480 e. The van der Waals surface area contributed by atoms with Crippen LogP contribution >= 0.6 is 11.3 Å². The zero-order valence-corrected chi connectivity index (χ0v) is 22.2. The Morgan fingerprint density at radius 2 is 2.00 bits per heavy atom. The van der Waals surface area contributed by atoms with E-state index in [9.17, 15) is 9.18 Å². The van der Waals surface area contributed by atoms with Crippen molar-refractivity contribution in [3.63, 3.8) is 0 Å². The van der Waals surface area contributed by atoms with Crippen LogP contribution < -0.4 is 14.4 Å². The second kappa shape index (κ2) is 9.69. The Kier molecular flexibility index (Phi) is 6.15. The average molecular weight is 560 g/mol. The molecule has 0 aliphatic carbocycles. The highest BCUT2D eigenvalue weighted by molar-refractivity contribution is 7.22. The maximum Gasteiger partial charge on any atom is 0.417 e. The molecule has 12 heteroatoms. The highest BCUT2D eigenvalue weighted by Gasteiger charge is 2.33. The molecule has 0 spiro atoms. The molecule has 0 unspecified atom stereocenters. The van der Waals surface area contributed by atoms with Gasteiger partial charge in [0.05, 0.1) is 58.3 Å². The van der Waals surface area contributed by atoms with Crippen LogP contribution in [0.2, 0.25) is 0 Å². The van der Waals surface area contributed by atoms with Gasteiger partial charge in [-0.05, 0) is 42.8 Å². The maximum atomic E-state index is 15.1. The number of rotatable bonds is 4. The van der Waals surface area contributed by atoms with E-state index >= 15 is 4.39 Å². The molecule has 40 heavy (non-hydrogen) atoms. The molecule has 2 aromatic heterocycles. The van der Waals surface area contributed by atoms with Crippen LogP contribution in [-0.2, 0) is 11.2 Å². The van der Waals surface area contributed by atoms with Crippen LogP contribution in [0.25, 0.3) is 31.8 Å². The summed E-state index contributed by atoms with van der Waals surface area (Å²) in [5.41, 5.74) is 4.11. The molecule has 5 aromatic rings. The van der Waals surface area contributed by atoms with Gasteiger partial charge in [0.2, 0.25) is 5.88 Å². The summed E-state index contributed by atoms with van der Waals surface area (Å²) in [5, 5.41) is 9.71. The van der Waals surface area contributed by atoms with E-state index in [1.165, 1.54) is 43.8 Å². The quantitative estimate of drug-likeness (QED) is 0.267. The van der Waals surface area contributed by atoms with Crippen LogP contribution in [0.3, 0.4) is 0 Å². The summed E-state index contributed by atoms with van der Waals surface area (Å²) in [6, 6.07) is 10.5. The Morgan fingerprint density at radius 3 is 2.77 bits per heavy atom. The van der Waals surface area contributed by atoms with Crippen molar-refractivity contribution in [1.82, 2.24) is 15.0 Å². The molecule has 0 saturated heterocycles. The Bertz CT molecular complexity index is 1890. The minimum atomic E-state index is -1.11. The topological polar surface area (TPSA) is 110 Å². The highest BCUT2D eigenvalue weighted by atomic mass is 32.1. The van der Waals surface area contributed by atoms with Gasteiger partial charge in [0, 0.05) is 24.2 Å². The number of nitrogens with zero attached hydrogens (tertiary/aromatic N) is 5. The first-order valence-electron chi connectivity index (χ1n) is 12.0. The van der Waals surface area contributed by atoms with Gasteiger partial charge in [-0.15, -0.1) is 11.3 Å². The fourth-order valence-corrected chi connectivity index (χ4v) is 5.66. The summed E-state index contributed by atoms with van der Waals surface area (Å²) in [5.74, 6) is -0.928. The molecule has 9 nitrogen and oxygen atoms in total. The molecule has 6 rings (SSSR count). The number of aromatic nitrogens is 3. The SMILES string of the molecule is COc1cnc2c(-c3nc4cc(F)c5c(c4s3)C[C@@H](OC(=O)N(C)c3cc(F)cc(C#N)c3)O5)cc(C)cc2n1. The molecule has 1 atom stereocenters. The number of fused-ring (bicyclic) bond motifs is 4. The lowest BCUT2D eigenvalue weighted by atomic mass is 10.1. The van der Waals surface area contributed by atoms with Crippen LogP contribution in [-0.4, -0.2) is 41.5 Å². The number of carbonyl (C=O) groups is 1. The molecule has 3 aromatic carbocycles. The number of nitriles is 1. The van der Waals surface area contributed by atoms with Crippen LogP contribution in [0.5, 0.6) is 11.6 Å². The average Bonchev–Trinajstić information content (AvgIpc) is 3.55. The van der Waals surface area contributed by atoms with Gasteiger partial charge >= 0.3 is 6.09 Å². The summed E-state index contributed by atoms with van der Waals surface area (Å²) in [4.78, 5) is 27.5. The zero-order valence-electron chi connectivity index (χ0n) is 21.4. The van der Waals surface area contributed by atoms with Gasteiger partial charge < -0.3 is 14.2 Å². The third-order valence-electron chi connectivity index (χ3n) is 6.42. The summed E-state index contributed by atoms with van der Waals surface area (Å²) in [6.07, 6.45) is -0.351. The lowest BCUT2D eigenvalue weighted by Gasteiger charge is -2.20. The predicted octanol–water partition coefficient (Wildman–Crippen LogP) is 5.91. The number of hydrogen-bond acceptors (Lipinski definition) is 9. The molecule has 1 aliphatic heterocycles. The van der Waals surface area contributed by atoms with Crippen molar-refractivity contribution in [2.24, 2.45) is 0 Å². The van der Waals surface area contributed by atoms with Crippen molar-refractivity contribution in [2.75, 3.05) is 19.1 Å². The summed E-state index contributed by atoms with van der Waals surface area (Å²) < 4.78 is 46.0. The summed E-state index contributed by atoms with van der Waals surface area (Å²) in [7, 11) is 2.89. The van der Waals surface area contributed by atoms with Gasteiger partial charge in [0.25, 0.3) is 6.29 Å². The number of carbonyl (C=O) groups excluding carboxylic acids is 1. The number of benzene rings is 3. The molecule has 200 valence electrons. The maximum absolute atomic E-state index is 15.1. The Balaban J connectivity index is 1.31. The molecule has 1 amide bonds. The third-order valence-corrected chi connectivity index (χ3v) is 7.58. The van der Waals surface area contributed by atoms with Crippen molar-refractivity contribution < 1.29 is 27.8 Å². The van der Waals surface area contributed by atoms with E-state index in [2.05, 4.69) is 15.0 Å². The van der Waals surface area contributed by atoms with E-state index < -0.39 is 24.0 Å². The van der Waals surface area contributed by atoms with Crippen LogP contribution in [0.15, 0.2) is 42.6 Å². The monoisotopic (exact) mass is 559 g/mol. The highest BCUT2D eigenvalue weighted by Crippen LogP contribution is 2.43. The van der Waals surface area contributed by atoms with E-state index in [0.717, 1.165) is 28.2 Å². The van der Waals surface area contributed by atoms with E-state index in [0.29, 0.717) is 37.7 Å². The number of thiazole rings is 1. The number of ether oxygens (including phenoxy) is 3. The first-order valence-corrected chi connectivity index (χ1v) is 12.8. The van der Waals surface area contributed by atoms with Crippen molar-refractivity contribution >= 4 is 44.4 Å². The number of aryl methyl sites for hydroxylation is 1. The van der Waals surface area contributed by atoms with Crippen molar-refractivity contribution in [1.29, 1.82) is 5.26 Å². The van der Waals surface area contributed by atoms with Crippen molar-refractivity contribution in [3.05, 3.63) is 70.9 Å². The molecule has 0 radical (unpaired) electrons. The molecule has 0 N–H and O–H groups in total. The minimum absolute atomic E-state index is 0.0145. The van der Waals surface area contributed by atoms with Crippen molar-refractivity contribution in [3.8, 4) is 28.3 Å². The first-order chi connectivity index (χ1) is 19.2. The predicted molar refractivity (Wildman–Crippen MR) is 144 cm³/mol. The van der Waals surface area contributed by atoms with Crippen LogP contribution in [0.1, 0.15) is 16.7 Å². The van der Waals surface area contributed by atoms with Gasteiger partial charge in [-0.2, -0.15) is 5.26 Å². The number of halogens is 2. The van der Waals surface area contributed by atoms with Gasteiger partial charge in [-0.25, -0.2) is 28.5 Å². The van der Waals surface area contributed by atoms with Gasteiger partial charge in [-0.1, -0.05) is 0 Å². The Morgan fingerprint density at radius 1 is 1.18 bits per heavy atom. The number of amides is 1. The van der Waals surface area contributed by atoms with E-state index in [1.807, 2.05) is 25.1 Å². The summed E-state index contributed by atoms with van der Waals surface area (Å²) in [6.45, 7) is 1.93. The number of methoxy groups -OCH3 is 1. The lowest BCUT2D eigenvalue weighted by molar-refractivity contribution is -0.0144. The molecule has 1 aliphatic rings. The van der Waals surface area contributed by atoms with Crippen LogP contribution in [0, 0.1) is 29.9 Å². The molecule has 0 fully saturated rings. The second-order valence-corrected chi connectivity index (χ2v) is 10.1. The Hall–Kier alpha value is -4.89. The molecule has 0 bridgehead atoms. The van der Waals surface area contributed by atoms with Crippen LogP contribution in [0.4, 0.5) is 19.3 Å². The molecule has 0 saturated carbocycles. The fourth-order valence-electron chi connectivity index (χ4n) is 4.55. The number of anilines is 1. The largest absolute Gasteiger partial charge is 0.480 e. The van der Waals surface area contributed by atoms with E-state index in [4.69, 9.17) is 19.5 Å². The van der Waals surface area contributed by atoms with Gasteiger partial charge in [0.15, 0.2) is 11.6 Å². The summed E-state index contributed by atoms with van der Waals surface area (Å²) >= 11 is 1.35. The van der Waals surface area contributed by atoms with E-state index in [-0.39, 0.29) is 23.4 Å². The van der Waals surface area contributed by atoms with Crippen molar-refractivity contribution in [2.45, 2.75) is 19.6 Å². The Labute approximate surface area is 230 Å². The smallest absolute Gasteiger partial charge is 0.417 e. The van der Waals surface area contributed by atoms with E-state index in [1.54, 1.807) is 0 Å².